The van der Waals surface area contributed by atoms with Crippen molar-refractivity contribution in [2.24, 2.45) is 0 Å². The van der Waals surface area contributed by atoms with Gasteiger partial charge in [0.05, 0.1) is 5.75 Å². The molecule has 148 valence electrons. The number of benzene rings is 2. The fourth-order valence-corrected chi connectivity index (χ4v) is 3.71. The summed E-state index contributed by atoms with van der Waals surface area (Å²) >= 11 is 0. The molecule has 8 heteroatoms. The number of aromatic nitrogens is 1. The Morgan fingerprint density at radius 2 is 1.71 bits per heavy atom. The molecule has 4 N–H and O–H groups in total. The average molecular weight is 401 g/mol. The van der Waals surface area contributed by atoms with Crippen LogP contribution < -0.4 is 15.4 Å². The second kappa shape index (κ2) is 8.90. The van der Waals surface area contributed by atoms with Crippen LogP contribution in [0.25, 0.3) is 10.9 Å². The normalized spacial score (nSPS) is 11.5. The van der Waals surface area contributed by atoms with E-state index in [9.17, 15) is 13.2 Å². The molecule has 0 fully saturated rings. The topological polar surface area (TPSA) is 103 Å². The van der Waals surface area contributed by atoms with Crippen LogP contribution in [0.1, 0.15) is 16.7 Å². The van der Waals surface area contributed by atoms with E-state index < -0.39 is 10.0 Å². The van der Waals surface area contributed by atoms with Gasteiger partial charge in [0.1, 0.15) is 0 Å². The third-order valence-electron chi connectivity index (χ3n) is 4.50. The number of H-pyrrole nitrogens is 1. The highest BCUT2D eigenvalue weighted by atomic mass is 32.2. The van der Waals surface area contributed by atoms with Gasteiger partial charge in [-0.05, 0) is 36.2 Å². The molecule has 0 spiro atoms. The van der Waals surface area contributed by atoms with Gasteiger partial charge in [-0.15, -0.1) is 0 Å². The minimum atomic E-state index is -3.29. The summed E-state index contributed by atoms with van der Waals surface area (Å²) in [6.45, 7) is 0.909. The second-order valence-electron chi connectivity index (χ2n) is 6.50. The van der Waals surface area contributed by atoms with E-state index in [-0.39, 0.29) is 11.8 Å². The summed E-state index contributed by atoms with van der Waals surface area (Å²) in [5.41, 5.74) is 3.86. The van der Waals surface area contributed by atoms with Gasteiger partial charge in [0, 0.05) is 30.2 Å². The van der Waals surface area contributed by atoms with Crippen molar-refractivity contribution in [1.29, 1.82) is 0 Å². The van der Waals surface area contributed by atoms with Crippen LogP contribution in [0.2, 0.25) is 0 Å². The van der Waals surface area contributed by atoms with Gasteiger partial charge in [-0.25, -0.2) is 17.9 Å². The van der Waals surface area contributed by atoms with E-state index in [1.807, 2.05) is 36.5 Å². The molecule has 0 saturated carbocycles. The van der Waals surface area contributed by atoms with E-state index in [1.165, 1.54) is 18.0 Å². The van der Waals surface area contributed by atoms with E-state index in [0.717, 1.165) is 17.5 Å². The number of rotatable bonds is 8. The molecule has 0 aliphatic rings. The number of amides is 2. The SMILES string of the molecule is CNS(=O)(=O)Cc1ccc(CNC(=O)NCCc2c[nH]c3ccccc23)cc1. The molecular formula is C20H24N4O3S. The minimum absolute atomic E-state index is 0.0640. The van der Waals surface area contributed by atoms with Gasteiger partial charge in [-0.1, -0.05) is 42.5 Å². The molecule has 0 radical (unpaired) electrons. The van der Waals surface area contributed by atoms with Crippen LogP contribution in [0, 0.1) is 0 Å². The molecule has 2 aromatic carbocycles. The lowest BCUT2D eigenvalue weighted by atomic mass is 10.1. The van der Waals surface area contributed by atoms with Crippen molar-refractivity contribution in [2.75, 3.05) is 13.6 Å². The molecule has 0 saturated heterocycles. The van der Waals surface area contributed by atoms with Gasteiger partial charge in [-0.3, -0.25) is 0 Å². The molecule has 3 aromatic rings. The van der Waals surface area contributed by atoms with E-state index in [0.29, 0.717) is 18.7 Å². The van der Waals surface area contributed by atoms with Gasteiger partial charge in [0.25, 0.3) is 0 Å². The summed E-state index contributed by atoms with van der Waals surface area (Å²) in [6.07, 6.45) is 2.71. The lowest BCUT2D eigenvalue weighted by Gasteiger charge is -2.08. The standard InChI is InChI=1S/C20H24N4O3S/c1-21-28(26,27)14-16-8-6-15(7-9-16)12-24-20(25)22-11-10-17-13-23-19-5-3-2-4-18(17)19/h2-9,13,21,23H,10-12,14H2,1H3,(H2,22,24,25). The number of carbonyl (C=O) groups excluding carboxylic acids is 1. The Kier molecular flexibility index (Phi) is 6.33. The summed E-state index contributed by atoms with van der Waals surface area (Å²) < 4.78 is 25.4. The Balaban J connectivity index is 1.43. The van der Waals surface area contributed by atoms with Crippen molar-refractivity contribution >= 4 is 27.0 Å². The third kappa shape index (κ3) is 5.34. The number of nitrogens with one attached hydrogen (secondary N) is 4. The number of sulfonamides is 1. The molecule has 28 heavy (non-hydrogen) atoms. The Hall–Kier alpha value is -2.84. The fourth-order valence-electron chi connectivity index (χ4n) is 2.94. The van der Waals surface area contributed by atoms with Crippen molar-refractivity contribution in [2.45, 2.75) is 18.7 Å². The van der Waals surface area contributed by atoms with Crippen molar-refractivity contribution in [1.82, 2.24) is 20.3 Å². The molecule has 0 aliphatic carbocycles. The minimum Gasteiger partial charge on any atom is -0.361 e. The smallest absolute Gasteiger partial charge is 0.315 e. The van der Waals surface area contributed by atoms with Crippen molar-refractivity contribution in [3.8, 4) is 0 Å². The average Bonchev–Trinajstić information content (AvgIpc) is 3.10. The first-order valence-corrected chi connectivity index (χ1v) is 10.7. The number of urea groups is 1. The zero-order valence-electron chi connectivity index (χ0n) is 15.7. The highest BCUT2D eigenvalue weighted by Crippen LogP contribution is 2.17. The van der Waals surface area contributed by atoms with Gasteiger partial charge in [0.15, 0.2) is 0 Å². The van der Waals surface area contributed by atoms with E-state index >= 15 is 0 Å². The first-order chi connectivity index (χ1) is 13.5. The first kappa shape index (κ1) is 19.9. The van der Waals surface area contributed by atoms with Gasteiger partial charge in [0.2, 0.25) is 10.0 Å². The maximum atomic E-state index is 12.0. The molecule has 0 unspecified atom stereocenters. The van der Waals surface area contributed by atoms with Gasteiger partial charge < -0.3 is 15.6 Å². The summed E-state index contributed by atoms with van der Waals surface area (Å²) in [7, 11) is -1.89. The molecular weight excluding hydrogens is 376 g/mol. The lowest BCUT2D eigenvalue weighted by Crippen LogP contribution is -2.36. The van der Waals surface area contributed by atoms with Crippen LogP contribution in [0.4, 0.5) is 4.79 Å². The van der Waals surface area contributed by atoms with Crippen LogP contribution in [-0.4, -0.2) is 33.0 Å². The van der Waals surface area contributed by atoms with Gasteiger partial charge in [-0.2, -0.15) is 0 Å². The molecule has 0 aliphatic heterocycles. The fraction of sp³-hybridized carbons (Fsp3) is 0.250. The van der Waals surface area contributed by atoms with Crippen molar-refractivity contribution < 1.29 is 13.2 Å². The maximum Gasteiger partial charge on any atom is 0.315 e. The van der Waals surface area contributed by atoms with Crippen molar-refractivity contribution in [3.63, 3.8) is 0 Å². The number of hydrogen-bond donors (Lipinski definition) is 4. The third-order valence-corrected chi connectivity index (χ3v) is 5.83. The predicted octanol–water partition coefficient (Wildman–Crippen LogP) is 2.26. The number of fused-ring (bicyclic) bond motifs is 1. The highest BCUT2D eigenvalue weighted by Gasteiger charge is 2.08. The first-order valence-electron chi connectivity index (χ1n) is 9.02. The van der Waals surface area contributed by atoms with E-state index in [2.05, 4.69) is 26.4 Å². The maximum absolute atomic E-state index is 12.0. The van der Waals surface area contributed by atoms with Crippen LogP contribution in [0.3, 0.4) is 0 Å². The zero-order chi connectivity index (χ0) is 20.0. The highest BCUT2D eigenvalue weighted by molar-refractivity contribution is 7.88. The largest absolute Gasteiger partial charge is 0.361 e. The van der Waals surface area contributed by atoms with Gasteiger partial charge >= 0.3 is 6.03 Å². The number of aromatic amines is 1. The predicted molar refractivity (Wildman–Crippen MR) is 110 cm³/mol. The van der Waals surface area contributed by atoms with Crippen LogP contribution in [0.5, 0.6) is 0 Å². The van der Waals surface area contributed by atoms with E-state index in [4.69, 9.17) is 0 Å². The molecule has 2 amide bonds. The summed E-state index contributed by atoms with van der Waals surface area (Å²) in [4.78, 5) is 15.2. The number of carbonyl (C=O) groups is 1. The Bertz CT molecular complexity index is 1040. The van der Waals surface area contributed by atoms with Crippen LogP contribution in [-0.2, 0) is 28.7 Å². The molecule has 7 nitrogen and oxygen atoms in total. The molecule has 3 rings (SSSR count). The molecule has 1 heterocycles. The monoisotopic (exact) mass is 400 g/mol. The van der Waals surface area contributed by atoms with Crippen LogP contribution >= 0.6 is 0 Å². The zero-order valence-corrected chi connectivity index (χ0v) is 16.5. The molecule has 0 bridgehead atoms. The van der Waals surface area contributed by atoms with Crippen LogP contribution in [0.15, 0.2) is 54.7 Å². The Labute approximate surface area is 164 Å². The second-order valence-corrected chi connectivity index (χ2v) is 8.43. The summed E-state index contributed by atoms with van der Waals surface area (Å²) in [6, 6.07) is 15.0. The Morgan fingerprint density at radius 3 is 2.46 bits per heavy atom. The summed E-state index contributed by atoms with van der Waals surface area (Å²) in [5.74, 6) is -0.0640. The summed E-state index contributed by atoms with van der Waals surface area (Å²) in [5, 5.41) is 6.83. The Morgan fingerprint density at radius 1 is 1.00 bits per heavy atom. The lowest BCUT2D eigenvalue weighted by molar-refractivity contribution is 0.240. The van der Waals surface area contributed by atoms with E-state index in [1.54, 1.807) is 12.1 Å². The molecule has 1 aromatic heterocycles. The number of hydrogen-bond acceptors (Lipinski definition) is 3. The van der Waals surface area contributed by atoms with Crippen molar-refractivity contribution in [3.05, 3.63) is 71.4 Å². The quantitative estimate of drug-likeness (QED) is 0.466. The number of para-hydroxylation sites is 1. The molecule has 0 atom stereocenters.